The molecule has 1 nitrogen and oxygen atoms in total. The first-order chi connectivity index (χ1) is 28.0. The molecule has 284 valence electrons. The Morgan fingerprint density at radius 3 is 1.95 bits per heavy atom. The van der Waals surface area contributed by atoms with Crippen molar-refractivity contribution in [3.63, 3.8) is 0 Å². The van der Waals surface area contributed by atoms with E-state index in [4.69, 9.17) is 0 Å². The highest BCUT2D eigenvalue weighted by molar-refractivity contribution is 6.12. The fourth-order valence-corrected chi connectivity index (χ4v) is 9.68. The largest absolute Gasteiger partial charge is 0.344 e. The number of hydrogen-bond donors (Lipinski definition) is 0. The van der Waals surface area contributed by atoms with Gasteiger partial charge in [-0.3, -0.25) is 0 Å². The first kappa shape index (κ1) is 37.2. The lowest BCUT2D eigenvalue weighted by atomic mass is 9.80. The van der Waals surface area contributed by atoms with Gasteiger partial charge in [0.05, 0.1) is 0 Å². The van der Waals surface area contributed by atoms with Crippen molar-refractivity contribution in [1.82, 2.24) is 4.57 Å². The second kappa shape index (κ2) is 14.5. The lowest BCUT2D eigenvalue weighted by Gasteiger charge is -2.23. The van der Waals surface area contributed by atoms with Crippen LogP contribution in [-0.4, -0.2) is 4.57 Å². The van der Waals surface area contributed by atoms with E-state index in [2.05, 4.69) is 211 Å². The molecule has 10 rings (SSSR count). The molecule has 0 amide bonds. The molecule has 1 heteroatoms. The molecule has 0 saturated heterocycles. The van der Waals surface area contributed by atoms with Crippen LogP contribution in [0.5, 0.6) is 0 Å². The molecule has 1 aliphatic rings. The van der Waals surface area contributed by atoms with Gasteiger partial charge in [0.25, 0.3) is 0 Å². The quantitative estimate of drug-likeness (QED) is 0.165. The molecule has 0 bridgehead atoms. The zero-order valence-corrected chi connectivity index (χ0v) is 34.9. The number of fused-ring (bicyclic) bond motifs is 8. The van der Waals surface area contributed by atoms with E-state index in [1.54, 1.807) is 0 Å². The molecule has 8 aromatic carbocycles. The molecule has 0 fully saturated rings. The van der Waals surface area contributed by atoms with Crippen molar-refractivity contribution >= 4 is 38.7 Å². The summed E-state index contributed by atoms with van der Waals surface area (Å²) in [5, 5.41) is 5.31. The number of para-hydroxylation sites is 1. The van der Waals surface area contributed by atoms with Crippen molar-refractivity contribution in [2.75, 3.05) is 0 Å². The Bertz CT molecular complexity index is 3060. The normalized spacial score (nSPS) is 12.7. The maximum Gasteiger partial charge on any atom is 0.0489 e. The first-order valence-corrected chi connectivity index (χ1v) is 20.6. The minimum absolute atomic E-state index is 0.0288. The number of hydrogen-bond acceptors (Lipinski definition) is 0. The molecule has 0 aliphatic heterocycles. The number of aromatic nitrogens is 1. The summed E-state index contributed by atoms with van der Waals surface area (Å²) >= 11 is 0. The Kier molecular flexibility index (Phi) is 9.29. The lowest BCUT2D eigenvalue weighted by molar-refractivity contribution is 0.660. The fraction of sp³-hybridized carbons (Fsp3) is 0.158. The molecule has 1 aliphatic carbocycles. The Morgan fingerprint density at radius 2 is 1.19 bits per heavy atom. The molecule has 1 aromatic heterocycles. The van der Waals surface area contributed by atoms with Crippen molar-refractivity contribution in [1.29, 1.82) is 0 Å². The van der Waals surface area contributed by atoms with E-state index in [1.165, 1.54) is 116 Å². The highest BCUT2D eigenvalue weighted by Gasteiger charge is 2.37. The van der Waals surface area contributed by atoms with Crippen molar-refractivity contribution in [3.05, 3.63) is 208 Å². The third kappa shape index (κ3) is 6.36. The van der Waals surface area contributed by atoms with Crippen LogP contribution in [0, 0.1) is 27.7 Å². The average molecular weight is 750 g/mol. The first-order valence-electron chi connectivity index (χ1n) is 20.6. The number of benzene rings is 8. The fourth-order valence-electron chi connectivity index (χ4n) is 9.68. The number of aryl methyl sites for hydroxylation is 5. The average Bonchev–Trinajstić information content (AvgIpc) is 3.63. The van der Waals surface area contributed by atoms with Gasteiger partial charge in [0.2, 0.25) is 0 Å². The van der Waals surface area contributed by atoms with Crippen LogP contribution in [-0.2, 0) is 18.9 Å². The number of rotatable bonds is 5. The van der Waals surface area contributed by atoms with Crippen LogP contribution in [0.15, 0.2) is 158 Å². The molecule has 0 radical (unpaired) electrons. The van der Waals surface area contributed by atoms with Gasteiger partial charge in [-0.1, -0.05) is 171 Å². The van der Waals surface area contributed by atoms with E-state index in [1.807, 2.05) is 6.08 Å². The molecule has 0 saturated carbocycles. The van der Waals surface area contributed by atoms with Gasteiger partial charge >= 0.3 is 0 Å². The Balaban J connectivity index is 0.000000160. The standard InChI is InChI=1S/C33H27N.C24H24/c1-20-13-15-25-28(17-20)33(2,3)29-19-26(22-9-5-6-11-24(22)32(25)29)21-14-16-31-27(18-21)23-10-7-8-12-30(23)34(31)4;1-5-22-11-10-20(15-21-13-17(2)12-18(3)14-21)16-24(22)23-9-7-6-8-19(23)4/h5-19H,1-4H3;5-14,16H,1,15H2,2-4H3. The minimum atomic E-state index is -0.0288. The predicted molar refractivity (Wildman–Crippen MR) is 251 cm³/mol. The zero-order chi connectivity index (χ0) is 40.3. The Morgan fingerprint density at radius 1 is 0.500 bits per heavy atom. The lowest BCUT2D eigenvalue weighted by Crippen LogP contribution is -2.15. The summed E-state index contributed by atoms with van der Waals surface area (Å²) < 4.78 is 2.30. The second-order valence-corrected chi connectivity index (χ2v) is 17.0. The van der Waals surface area contributed by atoms with Gasteiger partial charge in [-0.25, -0.2) is 0 Å². The summed E-state index contributed by atoms with van der Waals surface area (Å²) in [6.07, 6.45) is 2.90. The summed E-state index contributed by atoms with van der Waals surface area (Å²) in [6.45, 7) is 17.4. The van der Waals surface area contributed by atoms with Crippen molar-refractivity contribution < 1.29 is 0 Å². The van der Waals surface area contributed by atoms with Crippen molar-refractivity contribution in [2.24, 2.45) is 7.05 Å². The van der Waals surface area contributed by atoms with Gasteiger partial charge in [-0.05, 0) is 136 Å². The summed E-state index contributed by atoms with van der Waals surface area (Å²) in [5.74, 6) is 0. The van der Waals surface area contributed by atoms with Gasteiger partial charge in [0.1, 0.15) is 0 Å². The molecule has 0 N–H and O–H groups in total. The molecule has 58 heavy (non-hydrogen) atoms. The highest BCUT2D eigenvalue weighted by atomic mass is 14.9. The molecule has 1 heterocycles. The van der Waals surface area contributed by atoms with E-state index >= 15 is 0 Å². The zero-order valence-electron chi connectivity index (χ0n) is 34.9. The summed E-state index contributed by atoms with van der Waals surface area (Å²) in [4.78, 5) is 0. The van der Waals surface area contributed by atoms with E-state index < -0.39 is 0 Å². The van der Waals surface area contributed by atoms with Crippen LogP contribution in [0.2, 0.25) is 0 Å². The Labute approximate surface area is 344 Å². The van der Waals surface area contributed by atoms with Crippen LogP contribution < -0.4 is 0 Å². The molecule has 9 aromatic rings. The predicted octanol–water partition coefficient (Wildman–Crippen LogP) is 15.3. The summed E-state index contributed by atoms with van der Waals surface area (Å²) in [5.41, 5.74) is 22.5. The summed E-state index contributed by atoms with van der Waals surface area (Å²) in [7, 11) is 2.16. The van der Waals surface area contributed by atoms with Crippen molar-refractivity contribution in [2.45, 2.75) is 53.4 Å². The minimum Gasteiger partial charge on any atom is -0.344 e. The van der Waals surface area contributed by atoms with Crippen molar-refractivity contribution in [3.8, 4) is 33.4 Å². The molecule has 0 unspecified atom stereocenters. The second-order valence-electron chi connectivity index (χ2n) is 17.0. The van der Waals surface area contributed by atoms with Crippen LogP contribution in [0.3, 0.4) is 0 Å². The SMILES string of the molecule is C=Cc1ccc(Cc2cc(C)cc(C)c2)cc1-c1ccccc1C.Cc1ccc2c(c1)C(C)(C)c1cc(-c3ccc4c(c3)c3ccccc3n4C)c3ccccc3c1-2. The van der Waals surface area contributed by atoms with Crippen LogP contribution in [0.25, 0.3) is 72.0 Å². The van der Waals surface area contributed by atoms with E-state index in [0.717, 1.165) is 6.42 Å². The van der Waals surface area contributed by atoms with Gasteiger partial charge in [-0.2, -0.15) is 0 Å². The molecular formula is C57H51N. The maximum atomic E-state index is 3.98. The van der Waals surface area contributed by atoms with E-state index in [-0.39, 0.29) is 5.41 Å². The van der Waals surface area contributed by atoms with Crippen LogP contribution in [0.1, 0.15) is 63.9 Å². The van der Waals surface area contributed by atoms with Gasteiger partial charge in [0.15, 0.2) is 0 Å². The smallest absolute Gasteiger partial charge is 0.0489 e. The molecular weight excluding hydrogens is 699 g/mol. The molecule has 0 atom stereocenters. The van der Waals surface area contributed by atoms with Crippen LogP contribution in [0.4, 0.5) is 0 Å². The highest BCUT2D eigenvalue weighted by Crippen LogP contribution is 2.53. The molecule has 0 spiro atoms. The van der Waals surface area contributed by atoms with Gasteiger partial charge in [-0.15, -0.1) is 0 Å². The summed E-state index contributed by atoms with van der Waals surface area (Å²) in [6, 6.07) is 56.1. The van der Waals surface area contributed by atoms with E-state index in [0.29, 0.717) is 0 Å². The topological polar surface area (TPSA) is 4.93 Å². The monoisotopic (exact) mass is 749 g/mol. The maximum absolute atomic E-state index is 3.98. The van der Waals surface area contributed by atoms with Gasteiger partial charge < -0.3 is 4.57 Å². The number of nitrogens with zero attached hydrogens (tertiary/aromatic N) is 1. The third-order valence-electron chi connectivity index (χ3n) is 12.5. The Hall–Kier alpha value is -6.44. The van der Waals surface area contributed by atoms with Gasteiger partial charge in [0, 0.05) is 34.3 Å². The third-order valence-corrected chi connectivity index (χ3v) is 12.5. The van der Waals surface area contributed by atoms with E-state index in [9.17, 15) is 0 Å². The van der Waals surface area contributed by atoms with Crippen LogP contribution >= 0.6 is 0 Å².